The third-order valence-corrected chi connectivity index (χ3v) is 3.49. The van der Waals surface area contributed by atoms with E-state index in [1.165, 1.54) is 0 Å². The van der Waals surface area contributed by atoms with Crippen LogP contribution in [0.25, 0.3) is 0 Å². The maximum absolute atomic E-state index is 10.5. The van der Waals surface area contributed by atoms with Crippen LogP contribution in [0, 0.1) is 0 Å². The van der Waals surface area contributed by atoms with Crippen molar-refractivity contribution in [2.45, 2.75) is 0 Å². The van der Waals surface area contributed by atoms with Gasteiger partial charge in [-0.1, -0.05) is 0 Å². The van der Waals surface area contributed by atoms with Crippen molar-refractivity contribution in [1.82, 2.24) is 4.90 Å². The molecule has 0 aromatic heterocycles. The number of carbonyl (C=O) groups is 1. The van der Waals surface area contributed by atoms with E-state index in [0.29, 0.717) is 0 Å². The Labute approximate surface area is 127 Å². The minimum Gasteiger partial charge on any atom is -0.412 e. The molecule has 0 rings (SSSR count). The molecule has 0 bridgehead atoms. The van der Waals surface area contributed by atoms with Gasteiger partial charge in [-0.25, -0.2) is 0 Å². The maximum Gasteiger partial charge on any atom is 0.388 e. The highest BCUT2D eigenvalue weighted by atomic mass is 31.2. The van der Waals surface area contributed by atoms with Crippen molar-refractivity contribution in [3.05, 3.63) is 0 Å². The Morgan fingerprint density at radius 2 is 1.05 bits per heavy atom. The second kappa shape index (κ2) is 13.8. The van der Waals surface area contributed by atoms with Gasteiger partial charge in [0.15, 0.2) is 0 Å². The highest BCUT2D eigenvalue weighted by Crippen LogP contribution is 2.40. The van der Waals surface area contributed by atoms with Crippen LogP contribution in [-0.2, 0) is 18.5 Å². The summed E-state index contributed by atoms with van der Waals surface area (Å²) in [4.78, 5) is 59.3. The van der Waals surface area contributed by atoms with Gasteiger partial charge < -0.3 is 45.8 Å². The molecule has 0 fully saturated rings. The highest BCUT2D eigenvalue weighted by Gasteiger charge is 2.24. The molecular weight excluding hydrogens is 394 g/mol. The molecule has 1 atom stereocenters. The smallest absolute Gasteiger partial charge is 0.388 e. The minimum atomic E-state index is -4.33. The Hall–Kier alpha value is 0.390. The zero-order valence-electron chi connectivity index (χ0n) is 10.9. The fourth-order valence-electron chi connectivity index (χ4n) is 0.681. The molecule has 0 heterocycles. The van der Waals surface area contributed by atoms with Gasteiger partial charge in [0.05, 0.1) is 0 Å². The summed E-state index contributed by atoms with van der Waals surface area (Å²) in [6.45, 7) is 0. The van der Waals surface area contributed by atoms with Crippen molar-refractivity contribution < 1.29 is 64.3 Å². The molecule has 0 amide bonds. The third-order valence-electron chi connectivity index (χ3n) is 1.16. The average Bonchev–Trinajstić information content (AvgIpc) is 2.12. The third kappa shape index (κ3) is 32.4. The molecule has 0 saturated heterocycles. The van der Waals surface area contributed by atoms with Crippen LogP contribution in [-0.4, -0.2) is 75.6 Å². The van der Waals surface area contributed by atoms with E-state index >= 15 is 0 Å². The standard InChI is InChI=1S/C3H12NO6P3.CH3O4P.3H2O/c5-12(6,7)2-4(1-11)3-13(8,9)10;2-1-6(3,4)5;;;/h1-3,11H2,(H2,5,6,7)(H2,8,9,10);1H,(H2,3,4,5);3*1H2. The first kappa shape index (κ1) is 33.9. The van der Waals surface area contributed by atoms with Gasteiger partial charge in [0.25, 0.3) is 0 Å². The maximum atomic E-state index is 10.5. The number of nitrogens with zero attached hydrogens (tertiary/aromatic N) is 1. The number of rotatable bonds is 6. The summed E-state index contributed by atoms with van der Waals surface area (Å²) in [6, 6.07) is -0.396. The zero-order valence-corrected chi connectivity index (χ0v) is 14.7. The molecule has 0 radical (unpaired) electrons. The van der Waals surface area contributed by atoms with Crippen LogP contribution in [0.5, 0.6) is 0 Å². The minimum absolute atomic E-state index is 0. The van der Waals surface area contributed by atoms with Gasteiger partial charge in [0.2, 0.25) is 6.03 Å². The molecule has 0 aliphatic heterocycles. The molecule has 22 heavy (non-hydrogen) atoms. The van der Waals surface area contributed by atoms with Crippen LogP contribution < -0.4 is 0 Å². The Morgan fingerprint density at radius 3 is 1.14 bits per heavy atom. The van der Waals surface area contributed by atoms with Gasteiger partial charge in [0.1, 0.15) is 12.6 Å². The summed E-state index contributed by atoms with van der Waals surface area (Å²) in [5.74, 6) is 0. The summed E-state index contributed by atoms with van der Waals surface area (Å²) in [6.07, 6.45) is -1.21. The van der Waals surface area contributed by atoms with Crippen LogP contribution >= 0.6 is 32.0 Å². The van der Waals surface area contributed by atoms with Crippen molar-refractivity contribution in [2.24, 2.45) is 0 Å². The van der Waals surface area contributed by atoms with E-state index in [4.69, 9.17) is 34.2 Å². The molecule has 0 aromatic rings. The van der Waals surface area contributed by atoms with Crippen LogP contribution in [0.15, 0.2) is 0 Å². The Balaban J connectivity index is -0.0000000933. The Kier molecular flexibility index (Phi) is 21.2. The van der Waals surface area contributed by atoms with Crippen LogP contribution in [0.4, 0.5) is 0 Å². The fraction of sp³-hybridized carbons (Fsp3) is 0.750. The molecule has 14 nitrogen and oxygen atoms in total. The first-order chi connectivity index (χ1) is 8.20. The molecule has 0 saturated carbocycles. The lowest BCUT2D eigenvalue weighted by molar-refractivity contribution is 0.301. The number of hydrogen-bond acceptors (Lipinski definition) is 5. The molecule has 18 heteroatoms. The summed E-state index contributed by atoms with van der Waals surface area (Å²) < 4.78 is 30.3. The van der Waals surface area contributed by atoms with Gasteiger partial charge >= 0.3 is 22.8 Å². The van der Waals surface area contributed by atoms with E-state index in [1.807, 2.05) is 0 Å². The van der Waals surface area contributed by atoms with Crippen LogP contribution in [0.3, 0.4) is 0 Å². The lowest BCUT2D eigenvalue weighted by Crippen LogP contribution is -2.24. The van der Waals surface area contributed by atoms with E-state index in [9.17, 15) is 13.7 Å². The predicted octanol–water partition coefficient (Wildman–Crippen LogP) is -3.73. The van der Waals surface area contributed by atoms with E-state index in [0.717, 1.165) is 4.90 Å². The van der Waals surface area contributed by atoms with Gasteiger partial charge in [-0.05, 0) is 0 Å². The van der Waals surface area contributed by atoms with E-state index < -0.39 is 41.4 Å². The predicted molar refractivity (Wildman–Crippen MR) is 79.9 cm³/mol. The molecule has 0 aromatic carbocycles. The van der Waals surface area contributed by atoms with Crippen molar-refractivity contribution in [1.29, 1.82) is 0 Å². The topological polar surface area (TPSA) is 287 Å². The van der Waals surface area contributed by atoms with Crippen LogP contribution in [0.2, 0.25) is 0 Å². The largest absolute Gasteiger partial charge is 0.412 e. The lowest BCUT2D eigenvalue weighted by Gasteiger charge is -2.20. The highest BCUT2D eigenvalue weighted by molar-refractivity contribution is 7.67. The normalized spacial score (nSPS) is 11.1. The molecule has 12 N–H and O–H groups in total. The van der Waals surface area contributed by atoms with Gasteiger partial charge in [-0.2, -0.15) is 0 Å². The summed E-state index contributed by atoms with van der Waals surface area (Å²) >= 11 is 0. The zero-order chi connectivity index (χ0) is 15.9. The molecule has 1 unspecified atom stereocenters. The number of carbonyl (C=O) groups excluding carboxylic acids is 1. The van der Waals surface area contributed by atoms with Crippen molar-refractivity contribution in [2.75, 3.05) is 18.9 Å². The molecule has 140 valence electrons. The van der Waals surface area contributed by atoms with E-state index in [1.54, 1.807) is 0 Å². The summed E-state index contributed by atoms with van der Waals surface area (Å²) in [5, 5.41) is 0. The van der Waals surface area contributed by atoms with Crippen molar-refractivity contribution in [3.8, 4) is 0 Å². The molecular formula is C4H21NO13P4. The Morgan fingerprint density at radius 1 is 0.818 bits per heavy atom. The molecule has 0 spiro atoms. The molecule has 0 aliphatic rings. The van der Waals surface area contributed by atoms with Crippen molar-refractivity contribution >= 4 is 38.1 Å². The second-order valence-corrected chi connectivity index (χ2v) is 8.14. The quantitative estimate of drug-likeness (QED) is 0.181. The SMILES string of the molecule is O.O.O.O=CP(=O)(O)O.O=P(O)(O)CN(CP)CP(=O)(O)O. The number of hydrogen-bond donors (Lipinski definition) is 6. The Bertz CT molecular complexity index is 384. The van der Waals surface area contributed by atoms with E-state index in [2.05, 4.69) is 9.24 Å². The van der Waals surface area contributed by atoms with E-state index in [-0.39, 0.29) is 22.7 Å². The monoisotopic (exact) mass is 415 g/mol. The lowest BCUT2D eigenvalue weighted by atomic mass is 11.0. The first-order valence-electron chi connectivity index (χ1n) is 4.23. The average molecular weight is 415 g/mol. The van der Waals surface area contributed by atoms with Crippen molar-refractivity contribution in [3.63, 3.8) is 0 Å². The van der Waals surface area contributed by atoms with Crippen LogP contribution in [0.1, 0.15) is 0 Å². The summed E-state index contributed by atoms with van der Waals surface area (Å²) in [5.41, 5.74) is 0. The van der Waals surface area contributed by atoms with Gasteiger partial charge in [0, 0.05) is 6.29 Å². The molecule has 0 aliphatic carbocycles. The fourth-order valence-corrected chi connectivity index (χ4v) is 3.00. The van der Waals surface area contributed by atoms with Gasteiger partial charge in [-0.3, -0.25) is 23.4 Å². The second-order valence-electron chi connectivity index (χ2n) is 3.16. The summed E-state index contributed by atoms with van der Waals surface area (Å²) in [7, 11) is -10.7. The van der Waals surface area contributed by atoms with Gasteiger partial charge in [-0.15, -0.1) is 9.24 Å². The first-order valence-corrected chi connectivity index (χ1v) is 10.3.